The minimum Gasteiger partial charge on any atom is -0.383 e. The van der Waals surface area contributed by atoms with E-state index in [2.05, 4.69) is 0 Å². The Morgan fingerprint density at radius 1 is 1.15 bits per heavy atom. The molecule has 0 saturated heterocycles. The second-order valence-corrected chi connectivity index (χ2v) is 6.91. The number of hydrogen-bond acceptors (Lipinski definition) is 3. The molecule has 2 aromatic carbocycles. The number of rotatable bonds is 6. The molecule has 0 fully saturated rings. The van der Waals surface area contributed by atoms with Crippen molar-refractivity contribution in [2.45, 2.75) is 6.92 Å². The number of hydrogen-bond donors (Lipinski definition) is 0. The Balaban J connectivity index is 2.03. The summed E-state index contributed by atoms with van der Waals surface area (Å²) in [5, 5.41) is 0.786. The molecule has 0 aliphatic carbocycles. The van der Waals surface area contributed by atoms with Crippen LogP contribution in [0.2, 0.25) is 0 Å². The summed E-state index contributed by atoms with van der Waals surface area (Å²) >= 11 is 1.37. The predicted molar refractivity (Wildman–Crippen MR) is 101 cm³/mol. The molecule has 26 heavy (non-hydrogen) atoms. The number of carbonyl (C=O) groups excluding carboxylic acids is 1. The van der Waals surface area contributed by atoms with Crippen LogP contribution in [0.4, 0.5) is 8.78 Å². The third-order valence-electron chi connectivity index (χ3n) is 4.23. The molecule has 3 aromatic rings. The van der Waals surface area contributed by atoms with Crippen molar-refractivity contribution >= 4 is 27.3 Å². The van der Waals surface area contributed by atoms with Gasteiger partial charge in [0.2, 0.25) is 0 Å². The van der Waals surface area contributed by atoms with Gasteiger partial charge in [-0.3, -0.25) is 4.79 Å². The highest BCUT2D eigenvalue weighted by Gasteiger charge is 2.19. The molecular weight excluding hydrogens is 356 g/mol. The summed E-state index contributed by atoms with van der Waals surface area (Å²) in [5.41, 5.74) is 0.968. The monoisotopic (exact) mass is 375 g/mol. The average molecular weight is 375 g/mol. The van der Waals surface area contributed by atoms with Gasteiger partial charge in [0.15, 0.2) is 0 Å². The normalized spacial score (nSPS) is 11.1. The predicted octanol–water partition coefficient (Wildman–Crippen LogP) is 4.96. The lowest BCUT2D eigenvalue weighted by molar-refractivity contribution is 0.0711. The minimum atomic E-state index is -0.619. The first-order chi connectivity index (χ1) is 12.5. The van der Waals surface area contributed by atoms with Gasteiger partial charge in [-0.05, 0) is 36.8 Å². The van der Waals surface area contributed by atoms with Crippen molar-refractivity contribution < 1.29 is 18.3 Å². The Morgan fingerprint density at radius 2 is 1.96 bits per heavy atom. The van der Waals surface area contributed by atoms with Gasteiger partial charge >= 0.3 is 0 Å². The van der Waals surface area contributed by atoms with Crippen LogP contribution in [-0.4, -0.2) is 37.6 Å². The zero-order chi connectivity index (χ0) is 18.7. The quantitative estimate of drug-likeness (QED) is 0.610. The van der Waals surface area contributed by atoms with Gasteiger partial charge in [0, 0.05) is 41.9 Å². The fourth-order valence-electron chi connectivity index (χ4n) is 2.87. The molecule has 3 nitrogen and oxygen atoms in total. The van der Waals surface area contributed by atoms with Crippen LogP contribution in [0.15, 0.2) is 42.5 Å². The van der Waals surface area contributed by atoms with E-state index in [9.17, 15) is 13.6 Å². The molecule has 0 radical (unpaired) electrons. The van der Waals surface area contributed by atoms with Gasteiger partial charge in [-0.25, -0.2) is 8.78 Å². The third kappa shape index (κ3) is 3.61. The van der Waals surface area contributed by atoms with E-state index in [1.807, 2.05) is 19.1 Å². The zero-order valence-corrected chi connectivity index (χ0v) is 15.4. The Morgan fingerprint density at radius 3 is 2.65 bits per heavy atom. The first-order valence-electron chi connectivity index (χ1n) is 8.31. The van der Waals surface area contributed by atoms with E-state index in [1.165, 1.54) is 23.5 Å². The maximum absolute atomic E-state index is 14.2. The summed E-state index contributed by atoms with van der Waals surface area (Å²) in [6.07, 6.45) is 0. The highest BCUT2D eigenvalue weighted by molar-refractivity contribution is 7.20. The van der Waals surface area contributed by atoms with Crippen LogP contribution in [0, 0.1) is 11.6 Å². The van der Waals surface area contributed by atoms with E-state index in [0.717, 1.165) is 16.2 Å². The summed E-state index contributed by atoms with van der Waals surface area (Å²) in [7, 11) is 1.60. The second kappa shape index (κ2) is 7.93. The fraction of sp³-hybridized carbons (Fsp3) is 0.250. The number of thiophene rings is 1. The lowest BCUT2D eigenvalue weighted by Crippen LogP contribution is -2.33. The van der Waals surface area contributed by atoms with E-state index in [-0.39, 0.29) is 5.91 Å². The van der Waals surface area contributed by atoms with Crippen LogP contribution in [-0.2, 0) is 4.74 Å². The average Bonchev–Trinajstić information content (AvgIpc) is 3.06. The molecular formula is C20H19F2NO2S. The van der Waals surface area contributed by atoms with Gasteiger partial charge in [0.25, 0.3) is 5.91 Å². The number of benzene rings is 2. The standard InChI is InChI=1S/C20H19F2NO2S/c1-3-23(9-10-25-2)20(24)19-12-16-14(5-4-6-18(16)26-19)15-8-7-13(21)11-17(15)22/h4-8,11-12H,3,9-10H2,1-2H3. The Kier molecular flexibility index (Phi) is 5.64. The zero-order valence-electron chi connectivity index (χ0n) is 14.6. The summed E-state index contributed by atoms with van der Waals surface area (Å²) in [4.78, 5) is 15.1. The number of halogens is 2. The number of likely N-dealkylation sites (N-methyl/N-ethyl adjacent to an activating group) is 1. The Bertz CT molecular complexity index is 939. The molecule has 1 aromatic heterocycles. The van der Waals surface area contributed by atoms with Gasteiger partial charge in [-0.15, -0.1) is 11.3 Å². The molecule has 1 amide bonds. The largest absolute Gasteiger partial charge is 0.383 e. The maximum Gasteiger partial charge on any atom is 0.264 e. The van der Waals surface area contributed by atoms with Crippen molar-refractivity contribution in [3.05, 3.63) is 59.0 Å². The third-order valence-corrected chi connectivity index (χ3v) is 5.32. The highest BCUT2D eigenvalue weighted by atomic mass is 32.1. The van der Waals surface area contributed by atoms with Crippen LogP contribution in [0.5, 0.6) is 0 Å². The molecule has 0 bridgehead atoms. The van der Waals surface area contributed by atoms with Gasteiger partial charge in [-0.2, -0.15) is 0 Å². The van der Waals surface area contributed by atoms with Crippen LogP contribution < -0.4 is 0 Å². The molecule has 6 heteroatoms. The number of nitrogens with zero attached hydrogens (tertiary/aromatic N) is 1. The van der Waals surface area contributed by atoms with Gasteiger partial charge in [0.05, 0.1) is 11.5 Å². The number of carbonyl (C=O) groups is 1. The highest BCUT2D eigenvalue weighted by Crippen LogP contribution is 2.35. The Labute approximate surface area is 154 Å². The van der Waals surface area contributed by atoms with Crippen molar-refractivity contribution in [1.29, 1.82) is 0 Å². The molecule has 0 aliphatic heterocycles. The topological polar surface area (TPSA) is 29.5 Å². The molecule has 0 saturated carbocycles. The number of methoxy groups -OCH3 is 1. The summed E-state index contributed by atoms with van der Waals surface area (Å²) in [5.74, 6) is -1.31. The first kappa shape index (κ1) is 18.5. The minimum absolute atomic E-state index is 0.0729. The van der Waals surface area contributed by atoms with Crippen LogP contribution >= 0.6 is 11.3 Å². The number of fused-ring (bicyclic) bond motifs is 1. The second-order valence-electron chi connectivity index (χ2n) is 5.83. The van der Waals surface area contributed by atoms with Crippen molar-refractivity contribution in [3.63, 3.8) is 0 Å². The van der Waals surface area contributed by atoms with Crippen molar-refractivity contribution in [2.75, 3.05) is 26.8 Å². The lowest BCUT2D eigenvalue weighted by atomic mass is 10.0. The van der Waals surface area contributed by atoms with Crippen molar-refractivity contribution in [2.24, 2.45) is 0 Å². The van der Waals surface area contributed by atoms with Crippen molar-refractivity contribution in [3.8, 4) is 11.1 Å². The molecule has 0 N–H and O–H groups in total. The molecule has 0 spiro atoms. The van der Waals surface area contributed by atoms with E-state index in [1.54, 1.807) is 24.1 Å². The van der Waals surface area contributed by atoms with Gasteiger partial charge in [0.1, 0.15) is 11.6 Å². The van der Waals surface area contributed by atoms with Crippen LogP contribution in [0.1, 0.15) is 16.6 Å². The molecule has 0 atom stereocenters. The fourth-order valence-corrected chi connectivity index (χ4v) is 3.93. The van der Waals surface area contributed by atoms with E-state index in [4.69, 9.17) is 4.74 Å². The number of amides is 1. The van der Waals surface area contributed by atoms with Gasteiger partial charge < -0.3 is 9.64 Å². The van der Waals surface area contributed by atoms with Crippen LogP contribution in [0.25, 0.3) is 21.2 Å². The number of ether oxygens (including phenoxy) is 1. The van der Waals surface area contributed by atoms with E-state index < -0.39 is 11.6 Å². The summed E-state index contributed by atoms with van der Waals surface area (Å²) in [6.45, 7) is 3.48. The molecule has 1 heterocycles. The summed E-state index contributed by atoms with van der Waals surface area (Å²) in [6, 6.07) is 10.8. The maximum atomic E-state index is 14.2. The molecule has 0 aliphatic rings. The summed E-state index contributed by atoms with van der Waals surface area (Å²) < 4.78 is 33.4. The van der Waals surface area contributed by atoms with Gasteiger partial charge in [-0.1, -0.05) is 12.1 Å². The first-order valence-corrected chi connectivity index (χ1v) is 9.13. The lowest BCUT2D eigenvalue weighted by Gasteiger charge is -2.19. The van der Waals surface area contributed by atoms with Crippen molar-refractivity contribution in [1.82, 2.24) is 4.90 Å². The van der Waals surface area contributed by atoms with E-state index >= 15 is 0 Å². The molecule has 3 rings (SSSR count). The smallest absolute Gasteiger partial charge is 0.264 e. The molecule has 136 valence electrons. The van der Waals surface area contributed by atoms with Crippen LogP contribution in [0.3, 0.4) is 0 Å². The SMILES string of the molecule is CCN(CCOC)C(=O)c1cc2c(-c3ccc(F)cc3F)cccc2s1. The Hall–Kier alpha value is -2.31. The van der Waals surface area contributed by atoms with E-state index in [0.29, 0.717) is 35.7 Å². The molecule has 0 unspecified atom stereocenters.